The molecule has 1 heteroatoms. The minimum Gasteiger partial charge on any atom is -0.348 e. The molecule has 0 radical (unpaired) electrons. The Balaban J connectivity index is 1.89. The quantitative estimate of drug-likeness (QED) is 0.647. The van der Waals surface area contributed by atoms with Crippen LogP contribution in [0.3, 0.4) is 0 Å². The summed E-state index contributed by atoms with van der Waals surface area (Å²) in [5.41, 5.74) is 3.47. The number of rotatable bonds is 0. The molecule has 0 saturated heterocycles. The number of para-hydroxylation sites is 1. The highest BCUT2D eigenvalue weighted by atomic mass is 14.7. The Labute approximate surface area is 102 Å². The minimum atomic E-state index is 1.01. The van der Waals surface area contributed by atoms with Crippen molar-refractivity contribution >= 4 is 10.9 Å². The van der Waals surface area contributed by atoms with Crippen LogP contribution >= 0.6 is 0 Å². The van der Waals surface area contributed by atoms with Gasteiger partial charge in [0.05, 0.1) is 5.69 Å². The highest BCUT2D eigenvalue weighted by Crippen LogP contribution is 2.17. The van der Waals surface area contributed by atoms with Gasteiger partial charge in [-0.15, -0.1) is 0 Å². The molecule has 1 aromatic heterocycles. The number of allylic oxidation sites excluding steroid dienone is 2. The van der Waals surface area contributed by atoms with E-state index in [-0.39, 0.29) is 0 Å². The maximum Gasteiger partial charge on any atom is 0.0907 e. The molecule has 3 rings (SSSR count). The van der Waals surface area contributed by atoms with Crippen LogP contribution in [0, 0.1) is 11.8 Å². The standard InChI is InChI=1S/C16H15N/c1-2-6-13(7-3-1)10-11-15-12-14-8-4-5-9-16(14)17-15/h4-6,8-9,12,17H,1-3,7H2. The van der Waals surface area contributed by atoms with Crippen molar-refractivity contribution in [3.05, 3.63) is 47.7 Å². The molecule has 2 aromatic rings. The predicted molar refractivity (Wildman–Crippen MR) is 71.7 cm³/mol. The van der Waals surface area contributed by atoms with E-state index in [1.807, 2.05) is 6.07 Å². The summed E-state index contributed by atoms with van der Waals surface area (Å²) in [4.78, 5) is 3.33. The molecule has 0 atom stereocenters. The number of fused-ring (bicyclic) bond motifs is 1. The van der Waals surface area contributed by atoms with Gasteiger partial charge in [-0.25, -0.2) is 0 Å². The summed E-state index contributed by atoms with van der Waals surface area (Å²) in [6, 6.07) is 10.4. The van der Waals surface area contributed by atoms with E-state index in [1.165, 1.54) is 30.2 Å². The van der Waals surface area contributed by atoms with Crippen LogP contribution in [0.25, 0.3) is 10.9 Å². The summed E-state index contributed by atoms with van der Waals surface area (Å²) < 4.78 is 0. The molecule has 0 fully saturated rings. The number of aromatic nitrogens is 1. The summed E-state index contributed by atoms with van der Waals surface area (Å²) in [5, 5.41) is 1.23. The summed E-state index contributed by atoms with van der Waals surface area (Å²) in [5.74, 6) is 6.51. The van der Waals surface area contributed by atoms with Gasteiger partial charge in [-0.05, 0) is 49.3 Å². The number of H-pyrrole nitrogens is 1. The third-order valence-corrected chi connectivity index (χ3v) is 3.18. The van der Waals surface area contributed by atoms with Gasteiger partial charge >= 0.3 is 0 Å². The van der Waals surface area contributed by atoms with Crippen molar-refractivity contribution in [1.29, 1.82) is 0 Å². The summed E-state index contributed by atoms with van der Waals surface area (Å²) in [6.07, 6.45) is 7.22. The van der Waals surface area contributed by atoms with E-state index >= 15 is 0 Å². The summed E-state index contributed by atoms with van der Waals surface area (Å²) >= 11 is 0. The first-order chi connectivity index (χ1) is 8.42. The predicted octanol–water partition coefficient (Wildman–Crippen LogP) is 4.02. The normalized spacial score (nSPS) is 15.2. The average molecular weight is 221 g/mol. The van der Waals surface area contributed by atoms with Crippen LogP contribution in [0.1, 0.15) is 31.4 Å². The Bertz CT molecular complexity index is 587. The van der Waals surface area contributed by atoms with Crippen LogP contribution < -0.4 is 0 Å². The third kappa shape index (κ3) is 2.26. The third-order valence-electron chi connectivity index (χ3n) is 3.18. The van der Waals surface area contributed by atoms with Gasteiger partial charge in [-0.3, -0.25) is 0 Å². The highest BCUT2D eigenvalue weighted by molar-refractivity contribution is 5.81. The smallest absolute Gasteiger partial charge is 0.0907 e. The first kappa shape index (κ1) is 10.2. The zero-order chi connectivity index (χ0) is 11.5. The van der Waals surface area contributed by atoms with Crippen LogP contribution in [0.5, 0.6) is 0 Å². The summed E-state index contributed by atoms with van der Waals surface area (Å²) in [7, 11) is 0. The number of nitrogens with one attached hydrogen (secondary N) is 1. The largest absolute Gasteiger partial charge is 0.348 e. The first-order valence-corrected chi connectivity index (χ1v) is 6.21. The number of benzene rings is 1. The van der Waals surface area contributed by atoms with Crippen LogP contribution in [-0.2, 0) is 0 Å². The fraction of sp³-hybridized carbons (Fsp3) is 0.250. The maximum absolute atomic E-state index is 3.33. The highest BCUT2D eigenvalue weighted by Gasteiger charge is 2.00. The minimum absolute atomic E-state index is 1.01. The van der Waals surface area contributed by atoms with Crippen LogP contribution in [0.15, 0.2) is 42.0 Å². The molecular weight excluding hydrogens is 206 g/mol. The van der Waals surface area contributed by atoms with Crippen molar-refractivity contribution in [3.8, 4) is 11.8 Å². The lowest BCUT2D eigenvalue weighted by molar-refractivity contribution is 0.715. The van der Waals surface area contributed by atoms with Crippen LogP contribution in [-0.4, -0.2) is 4.98 Å². The summed E-state index contributed by atoms with van der Waals surface area (Å²) in [6.45, 7) is 0. The molecule has 0 bridgehead atoms. The van der Waals surface area contributed by atoms with Crippen LogP contribution in [0.4, 0.5) is 0 Å². The van der Waals surface area contributed by atoms with E-state index in [9.17, 15) is 0 Å². The Hall–Kier alpha value is -1.94. The van der Waals surface area contributed by atoms with Gasteiger partial charge in [0.2, 0.25) is 0 Å². The maximum atomic E-state index is 3.33. The van der Waals surface area contributed by atoms with Gasteiger partial charge in [0, 0.05) is 10.9 Å². The van der Waals surface area contributed by atoms with E-state index in [0.717, 1.165) is 17.6 Å². The number of hydrogen-bond donors (Lipinski definition) is 1. The molecule has 1 aliphatic rings. The van der Waals surface area contributed by atoms with E-state index < -0.39 is 0 Å². The van der Waals surface area contributed by atoms with Gasteiger partial charge in [0.1, 0.15) is 0 Å². The molecule has 0 unspecified atom stereocenters. The Kier molecular flexibility index (Phi) is 2.71. The van der Waals surface area contributed by atoms with Gasteiger partial charge in [-0.1, -0.05) is 30.2 Å². The molecule has 0 amide bonds. The van der Waals surface area contributed by atoms with Crippen molar-refractivity contribution in [2.24, 2.45) is 0 Å². The van der Waals surface area contributed by atoms with Crippen molar-refractivity contribution < 1.29 is 0 Å². The fourth-order valence-corrected chi connectivity index (χ4v) is 2.24. The van der Waals surface area contributed by atoms with E-state index in [4.69, 9.17) is 0 Å². The molecule has 1 aliphatic carbocycles. The van der Waals surface area contributed by atoms with Gasteiger partial charge < -0.3 is 4.98 Å². The lowest BCUT2D eigenvalue weighted by atomic mass is 10.0. The Morgan fingerprint density at radius 2 is 2.00 bits per heavy atom. The second kappa shape index (κ2) is 4.51. The topological polar surface area (TPSA) is 15.8 Å². The molecular formula is C16H15N. The zero-order valence-corrected chi connectivity index (χ0v) is 9.79. The SMILES string of the molecule is C(#Cc1cc2ccccc2[nH]1)C1=CCCCC1. The average Bonchev–Trinajstić information content (AvgIpc) is 2.80. The molecule has 0 aliphatic heterocycles. The first-order valence-electron chi connectivity index (χ1n) is 6.21. The fourth-order valence-electron chi connectivity index (χ4n) is 2.24. The van der Waals surface area contributed by atoms with E-state index in [0.29, 0.717) is 0 Å². The van der Waals surface area contributed by atoms with E-state index in [1.54, 1.807) is 0 Å². The second-order valence-corrected chi connectivity index (χ2v) is 4.50. The Morgan fingerprint density at radius 3 is 2.82 bits per heavy atom. The second-order valence-electron chi connectivity index (χ2n) is 4.50. The van der Waals surface area contributed by atoms with Crippen molar-refractivity contribution in [3.63, 3.8) is 0 Å². The lowest BCUT2D eigenvalue weighted by Crippen LogP contribution is -1.88. The van der Waals surface area contributed by atoms with Crippen LogP contribution in [0.2, 0.25) is 0 Å². The lowest BCUT2D eigenvalue weighted by Gasteiger charge is -2.05. The number of hydrogen-bond acceptors (Lipinski definition) is 0. The molecule has 84 valence electrons. The molecule has 1 nitrogen and oxygen atoms in total. The monoisotopic (exact) mass is 221 g/mol. The molecule has 0 saturated carbocycles. The zero-order valence-electron chi connectivity index (χ0n) is 9.79. The van der Waals surface area contributed by atoms with Gasteiger partial charge in [-0.2, -0.15) is 0 Å². The van der Waals surface area contributed by atoms with Crippen molar-refractivity contribution in [2.75, 3.05) is 0 Å². The van der Waals surface area contributed by atoms with Gasteiger partial charge in [0.15, 0.2) is 0 Å². The van der Waals surface area contributed by atoms with Gasteiger partial charge in [0.25, 0.3) is 0 Å². The van der Waals surface area contributed by atoms with Crippen molar-refractivity contribution in [2.45, 2.75) is 25.7 Å². The molecule has 1 aromatic carbocycles. The Morgan fingerprint density at radius 1 is 1.06 bits per heavy atom. The molecule has 1 N–H and O–H groups in total. The number of aromatic amines is 1. The van der Waals surface area contributed by atoms with Crippen molar-refractivity contribution in [1.82, 2.24) is 4.98 Å². The molecule has 1 heterocycles. The van der Waals surface area contributed by atoms with E-state index in [2.05, 4.69) is 47.2 Å². The molecule has 17 heavy (non-hydrogen) atoms. The molecule has 0 spiro atoms.